The van der Waals surface area contributed by atoms with Gasteiger partial charge in [0.15, 0.2) is 0 Å². The van der Waals surface area contributed by atoms with Gasteiger partial charge in [0.25, 0.3) is 0 Å². The Morgan fingerprint density at radius 2 is 1.95 bits per heavy atom. The molecule has 3 atom stereocenters. The smallest absolute Gasteiger partial charge is 0.351 e. The van der Waals surface area contributed by atoms with Gasteiger partial charge in [-0.25, -0.2) is 4.79 Å². The number of hydrogen-bond donors (Lipinski definition) is 1. The predicted molar refractivity (Wildman–Crippen MR) is 88.5 cm³/mol. The van der Waals surface area contributed by atoms with Crippen LogP contribution in [0.15, 0.2) is 17.1 Å². The summed E-state index contributed by atoms with van der Waals surface area (Å²) in [7, 11) is 0. The fourth-order valence-corrected chi connectivity index (χ4v) is 3.22. The second-order valence-corrected chi connectivity index (χ2v) is 8.66. The van der Waals surface area contributed by atoms with Crippen molar-refractivity contribution in [1.82, 2.24) is 9.55 Å². The highest BCUT2D eigenvalue weighted by molar-refractivity contribution is 5.23. The Bertz CT molecular complexity index is 581. The van der Waals surface area contributed by atoms with Crippen LogP contribution in [-0.2, 0) is 4.74 Å². The molecule has 0 radical (unpaired) electrons. The van der Waals surface area contributed by atoms with Gasteiger partial charge < -0.3 is 10.5 Å². The van der Waals surface area contributed by atoms with Crippen LogP contribution in [0, 0.1) is 16.7 Å². The van der Waals surface area contributed by atoms with Gasteiger partial charge >= 0.3 is 5.69 Å². The molecule has 2 rings (SSSR count). The van der Waals surface area contributed by atoms with E-state index >= 15 is 0 Å². The fourth-order valence-electron chi connectivity index (χ4n) is 3.22. The lowest BCUT2D eigenvalue weighted by Crippen LogP contribution is -2.34. The normalized spacial score (nSPS) is 26.4. The molecule has 0 amide bonds. The fraction of sp³-hybridized carbons (Fsp3) is 0.765. The average molecular weight is 307 g/mol. The summed E-state index contributed by atoms with van der Waals surface area (Å²) in [5.41, 5.74) is 5.51. The van der Waals surface area contributed by atoms with Gasteiger partial charge in [-0.3, -0.25) is 4.57 Å². The summed E-state index contributed by atoms with van der Waals surface area (Å²) in [5, 5.41) is 0. The minimum absolute atomic E-state index is 0.0537. The van der Waals surface area contributed by atoms with E-state index in [2.05, 4.69) is 46.5 Å². The van der Waals surface area contributed by atoms with Gasteiger partial charge in [-0.1, -0.05) is 41.5 Å². The Labute approximate surface area is 132 Å². The third kappa shape index (κ3) is 3.88. The van der Waals surface area contributed by atoms with Crippen molar-refractivity contribution in [1.29, 1.82) is 0 Å². The summed E-state index contributed by atoms with van der Waals surface area (Å²) in [6.45, 7) is 13.2. The van der Waals surface area contributed by atoms with E-state index in [9.17, 15) is 4.79 Å². The van der Waals surface area contributed by atoms with Crippen LogP contribution in [-0.4, -0.2) is 15.7 Å². The average Bonchev–Trinajstić information content (AvgIpc) is 2.69. The summed E-state index contributed by atoms with van der Waals surface area (Å²) in [5.74, 6) is 0.515. The molecular formula is C17H29N3O2. The summed E-state index contributed by atoms with van der Waals surface area (Å²) in [4.78, 5) is 16.0. The molecule has 2 N–H and O–H groups in total. The van der Waals surface area contributed by atoms with Gasteiger partial charge in [0.2, 0.25) is 0 Å². The van der Waals surface area contributed by atoms with Crippen LogP contribution < -0.4 is 11.4 Å². The summed E-state index contributed by atoms with van der Waals surface area (Å²) >= 11 is 0. The lowest BCUT2D eigenvalue weighted by Gasteiger charge is -2.31. The Morgan fingerprint density at radius 1 is 1.32 bits per heavy atom. The largest absolute Gasteiger partial charge is 0.383 e. The van der Waals surface area contributed by atoms with Crippen molar-refractivity contribution >= 4 is 5.82 Å². The third-order valence-electron chi connectivity index (χ3n) is 4.27. The van der Waals surface area contributed by atoms with E-state index in [1.54, 1.807) is 16.8 Å². The highest BCUT2D eigenvalue weighted by Crippen LogP contribution is 2.46. The van der Waals surface area contributed by atoms with Crippen LogP contribution in [0.2, 0.25) is 0 Å². The number of hydrogen-bond acceptors (Lipinski definition) is 4. The molecule has 1 fully saturated rings. The lowest BCUT2D eigenvalue weighted by molar-refractivity contribution is -0.0431. The molecule has 5 nitrogen and oxygen atoms in total. The van der Waals surface area contributed by atoms with Gasteiger partial charge in [-0.2, -0.15) is 4.98 Å². The second-order valence-electron chi connectivity index (χ2n) is 8.66. The first kappa shape index (κ1) is 17.0. The summed E-state index contributed by atoms with van der Waals surface area (Å²) < 4.78 is 7.86. The van der Waals surface area contributed by atoms with Crippen LogP contribution in [0.4, 0.5) is 5.82 Å². The number of rotatable bonds is 2. The van der Waals surface area contributed by atoms with Crippen molar-refractivity contribution in [2.45, 2.75) is 66.7 Å². The molecule has 0 spiro atoms. The molecule has 0 bridgehead atoms. The molecule has 22 heavy (non-hydrogen) atoms. The van der Waals surface area contributed by atoms with Crippen LogP contribution in [0.1, 0.15) is 60.6 Å². The minimum atomic E-state index is -0.337. The monoisotopic (exact) mass is 307 g/mol. The van der Waals surface area contributed by atoms with E-state index in [1.165, 1.54) is 0 Å². The van der Waals surface area contributed by atoms with Crippen molar-refractivity contribution in [3.8, 4) is 0 Å². The number of nitrogen functional groups attached to an aromatic ring is 1. The van der Waals surface area contributed by atoms with E-state index in [0.29, 0.717) is 0 Å². The number of ether oxygens (including phenoxy) is 1. The lowest BCUT2D eigenvalue weighted by atomic mass is 9.76. The molecule has 1 aromatic rings. The summed E-state index contributed by atoms with van der Waals surface area (Å²) in [6.07, 6.45) is 3.54. The first-order chi connectivity index (χ1) is 9.97. The number of nitrogens with two attached hydrogens (primary N) is 1. The van der Waals surface area contributed by atoms with Gasteiger partial charge in [0, 0.05) is 12.1 Å². The van der Waals surface area contributed by atoms with Gasteiger partial charge in [0.05, 0.1) is 6.10 Å². The molecule has 0 unspecified atom stereocenters. The second kappa shape index (κ2) is 5.69. The summed E-state index contributed by atoms with van der Waals surface area (Å²) in [6, 6.07) is 1.65. The van der Waals surface area contributed by atoms with Crippen molar-refractivity contribution in [3.05, 3.63) is 22.7 Å². The maximum atomic E-state index is 12.2. The predicted octanol–water partition coefficient (Wildman–Crippen LogP) is 3.21. The topological polar surface area (TPSA) is 70.1 Å². The number of nitrogens with zero attached hydrogens (tertiary/aromatic N) is 2. The SMILES string of the molecule is CC(C)(C)C[C@@H]1C[C@H](C(C)(C)C)[C@H](n2ccc(N)nc2=O)O1. The van der Waals surface area contributed by atoms with E-state index in [1.807, 2.05) is 0 Å². The molecule has 5 heteroatoms. The van der Waals surface area contributed by atoms with Crippen LogP contribution in [0.3, 0.4) is 0 Å². The molecule has 124 valence electrons. The maximum absolute atomic E-state index is 12.2. The molecule has 1 aliphatic heterocycles. The molecule has 1 saturated heterocycles. The minimum Gasteiger partial charge on any atom is -0.383 e. The third-order valence-corrected chi connectivity index (χ3v) is 4.27. The molecule has 1 aliphatic rings. The first-order valence-electron chi connectivity index (χ1n) is 7.97. The van der Waals surface area contributed by atoms with Crippen LogP contribution >= 0.6 is 0 Å². The number of aromatic nitrogens is 2. The molecular weight excluding hydrogens is 278 g/mol. The first-order valence-corrected chi connectivity index (χ1v) is 7.97. The maximum Gasteiger partial charge on any atom is 0.351 e. The molecule has 0 saturated carbocycles. The molecule has 0 aliphatic carbocycles. The van der Waals surface area contributed by atoms with E-state index in [4.69, 9.17) is 10.5 Å². The van der Waals surface area contributed by atoms with Gasteiger partial charge in [-0.15, -0.1) is 0 Å². The molecule has 2 heterocycles. The van der Waals surface area contributed by atoms with E-state index in [0.717, 1.165) is 12.8 Å². The Balaban J connectivity index is 2.32. The van der Waals surface area contributed by atoms with Crippen LogP contribution in [0.25, 0.3) is 0 Å². The van der Waals surface area contributed by atoms with Gasteiger partial charge in [-0.05, 0) is 29.7 Å². The Hall–Kier alpha value is -1.36. The zero-order valence-corrected chi connectivity index (χ0v) is 14.6. The highest BCUT2D eigenvalue weighted by atomic mass is 16.5. The van der Waals surface area contributed by atoms with E-state index < -0.39 is 0 Å². The zero-order chi connectivity index (χ0) is 16.7. The van der Waals surface area contributed by atoms with Crippen molar-refractivity contribution in [3.63, 3.8) is 0 Å². The number of anilines is 1. The van der Waals surface area contributed by atoms with Crippen molar-refractivity contribution in [2.24, 2.45) is 16.7 Å². The molecule has 1 aromatic heterocycles. The Kier molecular flexibility index (Phi) is 4.39. The van der Waals surface area contributed by atoms with Crippen molar-refractivity contribution < 1.29 is 4.74 Å². The van der Waals surface area contributed by atoms with Gasteiger partial charge in [0.1, 0.15) is 12.0 Å². The zero-order valence-electron chi connectivity index (χ0n) is 14.6. The quantitative estimate of drug-likeness (QED) is 0.910. The highest BCUT2D eigenvalue weighted by Gasteiger charge is 2.44. The Morgan fingerprint density at radius 3 is 2.45 bits per heavy atom. The van der Waals surface area contributed by atoms with E-state index in [-0.39, 0.29) is 40.6 Å². The standard InChI is InChI=1S/C17H29N3O2/c1-16(2,3)10-11-9-12(17(4,5)6)14(22-11)20-8-7-13(18)19-15(20)21/h7-8,11-12,14H,9-10H2,1-6H3,(H2,18,19,21)/t11-,12-,14+/m0/s1. The van der Waals surface area contributed by atoms with Crippen LogP contribution in [0.5, 0.6) is 0 Å². The molecule has 0 aromatic carbocycles. The van der Waals surface area contributed by atoms with Crippen molar-refractivity contribution in [2.75, 3.05) is 5.73 Å².